The summed E-state index contributed by atoms with van der Waals surface area (Å²) in [6, 6.07) is 0. The van der Waals surface area contributed by atoms with Gasteiger partial charge in [0.1, 0.15) is 0 Å². The van der Waals surface area contributed by atoms with E-state index in [0.717, 1.165) is 18.9 Å². The highest BCUT2D eigenvalue weighted by Crippen LogP contribution is 2.55. The Morgan fingerprint density at radius 1 is 1.06 bits per heavy atom. The molecule has 1 spiro atoms. The van der Waals surface area contributed by atoms with Crippen molar-refractivity contribution < 1.29 is 4.74 Å². The maximum Gasteiger partial charge on any atom is 0.0659 e. The van der Waals surface area contributed by atoms with Gasteiger partial charge >= 0.3 is 0 Å². The van der Waals surface area contributed by atoms with Gasteiger partial charge in [0, 0.05) is 17.4 Å². The van der Waals surface area contributed by atoms with Crippen LogP contribution in [0.25, 0.3) is 0 Å². The fraction of sp³-hybridized carbons (Fsp3) is 1.00. The third-order valence-corrected chi connectivity index (χ3v) is 5.56. The van der Waals surface area contributed by atoms with Crippen LogP contribution in [0.3, 0.4) is 0 Å². The van der Waals surface area contributed by atoms with E-state index < -0.39 is 0 Å². The lowest BCUT2D eigenvalue weighted by Crippen LogP contribution is -2.55. The molecule has 3 fully saturated rings. The van der Waals surface area contributed by atoms with Gasteiger partial charge in [0.2, 0.25) is 0 Å². The molecule has 0 radical (unpaired) electrons. The monoisotopic (exact) mass is 242 g/mol. The summed E-state index contributed by atoms with van der Waals surface area (Å²) in [4.78, 5) is 0. The first-order chi connectivity index (χ1) is 7.81. The number of ether oxygens (including phenoxy) is 1. The molecule has 0 aromatic rings. The van der Waals surface area contributed by atoms with Crippen LogP contribution in [0, 0.1) is 11.3 Å². The number of rotatable bonds is 3. The highest BCUT2D eigenvalue weighted by Gasteiger charge is 2.54. The zero-order valence-electron chi connectivity index (χ0n) is 10.1. The SMILES string of the molecule is ClC1CC(OCC2CC2)C12CCCCCC2. The van der Waals surface area contributed by atoms with Crippen LogP contribution in [-0.4, -0.2) is 18.1 Å². The lowest BCUT2D eigenvalue weighted by atomic mass is 9.61. The second kappa shape index (κ2) is 4.49. The summed E-state index contributed by atoms with van der Waals surface area (Å²) in [5, 5.41) is 0.398. The molecule has 0 bridgehead atoms. The number of hydrogen-bond donors (Lipinski definition) is 0. The van der Waals surface area contributed by atoms with Crippen LogP contribution in [0.5, 0.6) is 0 Å². The summed E-state index contributed by atoms with van der Waals surface area (Å²) in [5.41, 5.74) is 0.368. The van der Waals surface area contributed by atoms with Gasteiger partial charge in [-0.15, -0.1) is 11.6 Å². The topological polar surface area (TPSA) is 9.23 Å². The Balaban J connectivity index is 1.59. The van der Waals surface area contributed by atoms with E-state index in [0.29, 0.717) is 16.9 Å². The zero-order chi connectivity index (χ0) is 11.0. The quantitative estimate of drug-likeness (QED) is 0.676. The van der Waals surface area contributed by atoms with E-state index in [1.54, 1.807) is 0 Å². The molecule has 3 saturated carbocycles. The summed E-state index contributed by atoms with van der Waals surface area (Å²) in [5.74, 6) is 0.886. The van der Waals surface area contributed by atoms with E-state index in [-0.39, 0.29) is 0 Å². The molecule has 3 aliphatic rings. The molecular formula is C14H23ClO. The summed E-state index contributed by atoms with van der Waals surface area (Å²) in [6.07, 6.45) is 12.6. The fourth-order valence-corrected chi connectivity index (χ4v) is 4.01. The van der Waals surface area contributed by atoms with Crippen molar-refractivity contribution in [1.29, 1.82) is 0 Å². The predicted octanol–water partition coefficient (Wildman–Crippen LogP) is 4.13. The van der Waals surface area contributed by atoms with Gasteiger partial charge in [-0.1, -0.05) is 25.7 Å². The summed E-state index contributed by atoms with van der Waals surface area (Å²) >= 11 is 6.50. The minimum Gasteiger partial charge on any atom is -0.377 e. The Morgan fingerprint density at radius 2 is 1.75 bits per heavy atom. The van der Waals surface area contributed by atoms with E-state index in [1.807, 2.05) is 0 Å². The molecule has 0 amide bonds. The summed E-state index contributed by atoms with van der Waals surface area (Å²) < 4.78 is 6.14. The smallest absolute Gasteiger partial charge is 0.0659 e. The normalized spacial score (nSPS) is 38.1. The van der Waals surface area contributed by atoms with Crippen LogP contribution in [0.4, 0.5) is 0 Å². The molecule has 3 rings (SSSR count). The lowest BCUT2D eigenvalue weighted by molar-refractivity contribution is -0.118. The van der Waals surface area contributed by atoms with Gasteiger partial charge in [0.15, 0.2) is 0 Å². The molecule has 2 heteroatoms. The fourth-order valence-electron chi connectivity index (χ4n) is 3.49. The third-order valence-electron chi connectivity index (χ3n) is 4.95. The van der Waals surface area contributed by atoms with Gasteiger partial charge < -0.3 is 4.74 Å². The van der Waals surface area contributed by atoms with Crippen LogP contribution >= 0.6 is 11.6 Å². The van der Waals surface area contributed by atoms with Crippen molar-refractivity contribution in [2.75, 3.05) is 6.61 Å². The highest BCUT2D eigenvalue weighted by atomic mass is 35.5. The van der Waals surface area contributed by atoms with Gasteiger partial charge in [-0.3, -0.25) is 0 Å². The molecule has 0 heterocycles. The van der Waals surface area contributed by atoms with Crippen molar-refractivity contribution in [3.05, 3.63) is 0 Å². The minimum atomic E-state index is 0.368. The Hall–Kier alpha value is 0.250. The summed E-state index contributed by atoms with van der Waals surface area (Å²) in [6.45, 7) is 1.01. The second-order valence-electron chi connectivity index (χ2n) is 6.12. The largest absolute Gasteiger partial charge is 0.377 e. The van der Waals surface area contributed by atoms with E-state index >= 15 is 0 Å². The van der Waals surface area contributed by atoms with Crippen molar-refractivity contribution in [2.45, 2.75) is 69.3 Å². The highest BCUT2D eigenvalue weighted by molar-refractivity contribution is 6.21. The molecule has 92 valence electrons. The first-order valence-corrected chi connectivity index (χ1v) is 7.50. The van der Waals surface area contributed by atoms with Crippen LogP contribution in [0.15, 0.2) is 0 Å². The molecule has 0 saturated heterocycles. The Labute approximate surface area is 104 Å². The molecule has 3 aliphatic carbocycles. The minimum absolute atomic E-state index is 0.368. The molecule has 16 heavy (non-hydrogen) atoms. The molecule has 2 atom stereocenters. The van der Waals surface area contributed by atoms with Gasteiger partial charge in [-0.05, 0) is 38.0 Å². The van der Waals surface area contributed by atoms with Crippen molar-refractivity contribution in [1.82, 2.24) is 0 Å². The standard InChI is InChI=1S/C14H23ClO/c15-12-9-13(16-10-11-5-6-11)14(12)7-3-1-2-4-8-14/h11-13H,1-10H2. The molecule has 0 aromatic carbocycles. The molecule has 0 aliphatic heterocycles. The van der Waals surface area contributed by atoms with Gasteiger partial charge in [0.05, 0.1) is 6.10 Å². The first kappa shape index (κ1) is 11.3. The Kier molecular flexibility index (Phi) is 3.19. The molecule has 0 N–H and O–H groups in total. The van der Waals surface area contributed by atoms with Crippen LogP contribution in [0.2, 0.25) is 0 Å². The maximum absolute atomic E-state index is 6.50. The Bertz CT molecular complexity index is 241. The van der Waals surface area contributed by atoms with Gasteiger partial charge in [0.25, 0.3) is 0 Å². The number of hydrogen-bond acceptors (Lipinski definition) is 1. The van der Waals surface area contributed by atoms with Crippen molar-refractivity contribution in [2.24, 2.45) is 11.3 Å². The van der Waals surface area contributed by atoms with E-state index in [1.165, 1.54) is 51.4 Å². The lowest BCUT2D eigenvalue weighted by Gasteiger charge is -2.53. The van der Waals surface area contributed by atoms with E-state index in [9.17, 15) is 0 Å². The zero-order valence-corrected chi connectivity index (χ0v) is 10.8. The van der Waals surface area contributed by atoms with Crippen LogP contribution in [0.1, 0.15) is 57.8 Å². The van der Waals surface area contributed by atoms with Gasteiger partial charge in [-0.2, -0.15) is 0 Å². The van der Waals surface area contributed by atoms with Gasteiger partial charge in [-0.25, -0.2) is 0 Å². The Morgan fingerprint density at radius 3 is 2.31 bits per heavy atom. The average molecular weight is 243 g/mol. The summed E-state index contributed by atoms with van der Waals surface area (Å²) in [7, 11) is 0. The number of alkyl halides is 1. The van der Waals surface area contributed by atoms with E-state index in [4.69, 9.17) is 16.3 Å². The van der Waals surface area contributed by atoms with Crippen LogP contribution in [-0.2, 0) is 4.74 Å². The molecule has 2 unspecified atom stereocenters. The average Bonchev–Trinajstić information content (AvgIpc) is 3.10. The van der Waals surface area contributed by atoms with E-state index in [2.05, 4.69) is 0 Å². The third kappa shape index (κ3) is 2.01. The molecule has 1 nitrogen and oxygen atoms in total. The van der Waals surface area contributed by atoms with Crippen molar-refractivity contribution in [3.63, 3.8) is 0 Å². The van der Waals surface area contributed by atoms with Crippen molar-refractivity contribution >= 4 is 11.6 Å². The predicted molar refractivity (Wildman–Crippen MR) is 66.9 cm³/mol. The number of halogens is 1. The van der Waals surface area contributed by atoms with Crippen molar-refractivity contribution in [3.8, 4) is 0 Å². The van der Waals surface area contributed by atoms with Crippen LogP contribution < -0.4 is 0 Å². The molecule has 0 aromatic heterocycles. The second-order valence-corrected chi connectivity index (χ2v) is 6.64. The first-order valence-electron chi connectivity index (χ1n) is 7.07. The molecular weight excluding hydrogens is 220 g/mol. The maximum atomic E-state index is 6.50.